The number of piperidine rings is 1. The third-order valence-corrected chi connectivity index (χ3v) is 4.41. The Balaban J connectivity index is 0.00000132. The fourth-order valence-electron chi connectivity index (χ4n) is 2.94. The molecule has 1 aliphatic rings. The van der Waals surface area contributed by atoms with Crippen LogP contribution < -0.4 is 5.32 Å². The fourth-order valence-corrected chi connectivity index (χ4v) is 3.10. The van der Waals surface area contributed by atoms with Gasteiger partial charge in [-0.2, -0.15) is 0 Å². The van der Waals surface area contributed by atoms with Crippen LogP contribution in [0.5, 0.6) is 0 Å². The molecule has 3 rings (SSSR count). The maximum Gasteiger partial charge on any atom is 0.144 e. The van der Waals surface area contributed by atoms with Crippen molar-refractivity contribution < 1.29 is 9.50 Å². The number of nitrogens with one attached hydrogen (secondary N) is 1. The van der Waals surface area contributed by atoms with Crippen molar-refractivity contribution in [2.24, 2.45) is 0 Å². The summed E-state index contributed by atoms with van der Waals surface area (Å²) in [7, 11) is 0. The lowest BCUT2D eigenvalue weighted by Gasteiger charge is -2.29. The monoisotopic (exact) mass is 383 g/mol. The largest absolute Gasteiger partial charge is 0.392 e. The van der Waals surface area contributed by atoms with E-state index in [1.54, 1.807) is 12.4 Å². The van der Waals surface area contributed by atoms with Crippen LogP contribution in [0.2, 0.25) is 5.02 Å². The van der Waals surface area contributed by atoms with E-state index in [1.807, 2.05) is 4.57 Å². The number of imidazole rings is 1. The maximum absolute atomic E-state index is 13.6. The number of aliphatic hydroxyl groups excluding tert-OH is 1. The van der Waals surface area contributed by atoms with Gasteiger partial charge in [-0.25, -0.2) is 9.37 Å². The minimum Gasteiger partial charge on any atom is -0.392 e. The number of rotatable bonds is 4. The second-order valence-corrected chi connectivity index (χ2v) is 6.01. The second-order valence-electron chi connectivity index (χ2n) is 5.61. The lowest BCUT2D eigenvalue weighted by atomic mass is 9.97. The molecule has 1 saturated heterocycles. The average Bonchev–Trinajstić information content (AvgIpc) is 2.84. The summed E-state index contributed by atoms with van der Waals surface area (Å²) in [6, 6.07) is 3.15. The lowest BCUT2D eigenvalue weighted by Crippen LogP contribution is -2.44. The number of hydrogen-bond donors (Lipinski definition) is 2. The summed E-state index contributed by atoms with van der Waals surface area (Å²) in [5.41, 5.74) is 1.46. The first-order valence-corrected chi connectivity index (χ1v) is 7.74. The summed E-state index contributed by atoms with van der Waals surface area (Å²) < 4.78 is 15.5. The number of halogens is 4. The van der Waals surface area contributed by atoms with Gasteiger partial charge in [0.05, 0.1) is 28.5 Å². The molecule has 1 fully saturated rings. The number of hydrogen-bond acceptors (Lipinski definition) is 3. The van der Waals surface area contributed by atoms with Crippen molar-refractivity contribution >= 4 is 47.4 Å². The molecule has 130 valence electrons. The van der Waals surface area contributed by atoms with Gasteiger partial charge in [0.2, 0.25) is 0 Å². The molecule has 4 nitrogen and oxygen atoms in total. The van der Waals surface area contributed by atoms with Crippen LogP contribution in [0.15, 0.2) is 18.5 Å². The van der Waals surface area contributed by atoms with E-state index in [4.69, 9.17) is 11.6 Å². The Morgan fingerprint density at radius 3 is 2.91 bits per heavy atom. The number of fused-ring (bicyclic) bond motifs is 1. The Hall–Kier alpha value is -0.590. The van der Waals surface area contributed by atoms with Crippen LogP contribution in [0.4, 0.5) is 4.39 Å². The molecule has 2 N–H and O–H groups in total. The Morgan fingerprint density at radius 2 is 2.17 bits per heavy atom. The summed E-state index contributed by atoms with van der Waals surface area (Å²) in [4.78, 5) is 4.25. The second kappa shape index (κ2) is 9.04. The third-order valence-electron chi connectivity index (χ3n) is 4.12. The first-order valence-electron chi connectivity index (χ1n) is 7.36. The highest BCUT2D eigenvalue weighted by atomic mass is 35.5. The molecule has 0 radical (unpaired) electrons. The number of aryl methyl sites for hydroxylation is 1. The Labute approximate surface area is 152 Å². The molecular formula is C15H21Cl3FN3O. The van der Waals surface area contributed by atoms with Gasteiger partial charge in [-0.15, -0.1) is 24.8 Å². The average molecular weight is 385 g/mol. The Bertz CT molecular complexity index is 638. The maximum atomic E-state index is 13.6. The summed E-state index contributed by atoms with van der Waals surface area (Å²) in [6.45, 7) is 1.72. The summed E-state index contributed by atoms with van der Waals surface area (Å²) in [5.74, 6) is -0.421. The molecule has 0 spiro atoms. The minimum absolute atomic E-state index is 0. The molecule has 2 aromatic rings. The zero-order valence-corrected chi connectivity index (χ0v) is 14.9. The zero-order valence-electron chi connectivity index (χ0n) is 12.5. The molecule has 8 heteroatoms. The molecule has 0 aliphatic carbocycles. The first-order chi connectivity index (χ1) is 10.1. The molecule has 1 aromatic heterocycles. The summed E-state index contributed by atoms with van der Waals surface area (Å²) >= 11 is 5.76. The summed E-state index contributed by atoms with van der Waals surface area (Å²) in [6.07, 6.45) is 5.17. The van der Waals surface area contributed by atoms with Crippen molar-refractivity contribution in [1.29, 1.82) is 0 Å². The Kier molecular flexibility index (Phi) is 8.04. The normalized spacial score (nSPS) is 20.8. The SMILES string of the molecule is Cl.Cl.O[C@H]1CCCN[C@@H]1CCCn1cnc2cc(Cl)c(F)cc21. The van der Waals surface area contributed by atoms with Crippen molar-refractivity contribution in [3.63, 3.8) is 0 Å². The summed E-state index contributed by atoms with van der Waals surface area (Å²) in [5, 5.41) is 13.4. The molecule has 2 heterocycles. The molecule has 1 aliphatic heterocycles. The van der Waals surface area contributed by atoms with Gasteiger partial charge < -0.3 is 15.0 Å². The third kappa shape index (κ3) is 4.70. The molecule has 0 unspecified atom stereocenters. The van der Waals surface area contributed by atoms with E-state index in [0.717, 1.165) is 44.3 Å². The van der Waals surface area contributed by atoms with Gasteiger partial charge in [0, 0.05) is 18.7 Å². The molecule has 0 saturated carbocycles. The van der Waals surface area contributed by atoms with E-state index in [2.05, 4.69) is 10.3 Å². The van der Waals surface area contributed by atoms with Gasteiger partial charge in [-0.3, -0.25) is 0 Å². The first kappa shape index (κ1) is 20.5. The molecule has 2 atom stereocenters. The van der Waals surface area contributed by atoms with Crippen LogP contribution in [0, 0.1) is 5.82 Å². The number of nitrogens with zero attached hydrogens (tertiary/aromatic N) is 2. The van der Waals surface area contributed by atoms with Crippen LogP contribution in [-0.4, -0.2) is 33.3 Å². The van der Waals surface area contributed by atoms with Crippen LogP contribution in [0.1, 0.15) is 25.7 Å². The highest BCUT2D eigenvalue weighted by molar-refractivity contribution is 6.31. The van der Waals surface area contributed by atoms with Crippen LogP contribution in [-0.2, 0) is 6.54 Å². The highest BCUT2D eigenvalue weighted by Crippen LogP contribution is 2.22. The number of aromatic nitrogens is 2. The van der Waals surface area contributed by atoms with Gasteiger partial charge in [-0.05, 0) is 38.3 Å². The molecular weight excluding hydrogens is 364 g/mol. The van der Waals surface area contributed by atoms with E-state index >= 15 is 0 Å². The smallest absolute Gasteiger partial charge is 0.144 e. The van der Waals surface area contributed by atoms with E-state index in [0.29, 0.717) is 5.52 Å². The van der Waals surface area contributed by atoms with E-state index < -0.39 is 5.82 Å². The predicted molar refractivity (Wildman–Crippen MR) is 95.5 cm³/mol. The van der Waals surface area contributed by atoms with Gasteiger partial charge in [0.15, 0.2) is 0 Å². The molecule has 0 amide bonds. The van der Waals surface area contributed by atoms with Crippen molar-refractivity contribution in [1.82, 2.24) is 14.9 Å². The molecule has 23 heavy (non-hydrogen) atoms. The highest BCUT2D eigenvalue weighted by Gasteiger charge is 2.21. The van der Waals surface area contributed by atoms with Gasteiger partial charge in [0.25, 0.3) is 0 Å². The van der Waals surface area contributed by atoms with Crippen molar-refractivity contribution in [3.05, 3.63) is 29.3 Å². The van der Waals surface area contributed by atoms with Crippen LogP contribution in [0.3, 0.4) is 0 Å². The van der Waals surface area contributed by atoms with E-state index in [-0.39, 0.29) is 42.0 Å². The van der Waals surface area contributed by atoms with Crippen molar-refractivity contribution in [2.75, 3.05) is 6.54 Å². The van der Waals surface area contributed by atoms with Crippen molar-refractivity contribution in [3.8, 4) is 0 Å². The predicted octanol–water partition coefficient (Wildman–Crippen LogP) is 3.57. The zero-order chi connectivity index (χ0) is 14.8. The quantitative estimate of drug-likeness (QED) is 0.847. The fraction of sp³-hybridized carbons (Fsp3) is 0.533. The Morgan fingerprint density at radius 1 is 1.39 bits per heavy atom. The van der Waals surface area contributed by atoms with E-state index in [9.17, 15) is 9.50 Å². The minimum atomic E-state index is -0.421. The van der Waals surface area contributed by atoms with Gasteiger partial charge in [0.1, 0.15) is 5.82 Å². The van der Waals surface area contributed by atoms with Crippen molar-refractivity contribution in [2.45, 2.75) is 44.4 Å². The molecule has 0 bridgehead atoms. The molecule has 1 aromatic carbocycles. The topological polar surface area (TPSA) is 50.1 Å². The van der Waals surface area contributed by atoms with Crippen LogP contribution in [0.25, 0.3) is 11.0 Å². The number of aliphatic hydroxyl groups is 1. The lowest BCUT2D eigenvalue weighted by molar-refractivity contribution is 0.0909. The van der Waals surface area contributed by atoms with Gasteiger partial charge >= 0.3 is 0 Å². The standard InChI is InChI=1S/C15H19ClFN3O.2ClH/c16-10-7-13-14(8-11(10)17)20(9-19-13)6-2-3-12-15(21)4-1-5-18-12;;/h7-9,12,15,18,21H,1-6H2;2*1H/t12-,15+;;/m1../s1. The van der Waals surface area contributed by atoms with E-state index in [1.165, 1.54) is 6.07 Å². The van der Waals surface area contributed by atoms with Crippen LogP contribution >= 0.6 is 36.4 Å². The van der Waals surface area contributed by atoms with Gasteiger partial charge in [-0.1, -0.05) is 11.6 Å². The number of benzene rings is 1.